The minimum absolute atomic E-state index is 0.228. The first kappa shape index (κ1) is 12.7. The van der Waals surface area contributed by atoms with Crippen LogP contribution in [0.15, 0.2) is 24.3 Å². The number of carbonyl (C=O) groups is 1. The van der Waals surface area contributed by atoms with Gasteiger partial charge < -0.3 is 4.74 Å². The van der Waals surface area contributed by atoms with Crippen molar-refractivity contribution in [2.75, 3.05) is 21.2 Å². The summed E-state index contributed by atoms with van der Waals surface area (Å²) in [5, 5.41) is 0. The Morgan fingerprint density at radius 1 is 1.31 bits per heavy atom. The van der Waals surface area contributed by atoms with E-state index in [9.17, 15) is 4.79 Å². The van der Waals surface area contributed by atoms with E-state index in [0.717, 1.165) is 12.0 Å². The van der Waals surface area contributed by atoms with Crippen molar-refractivity contribution in [3.63, 3.8) is 0 Å². The average molecular weight is 221 g/mol. The molecule has 0 heterocycles. The molecule has 0 spiro atoms. The van der Waals surface area contributed by atoms with Gasteiger partial charge in [-0.1, -0.05) is 31.2 Å². The topological polar surface area (TPSA) is 29.5 Å². The highest BCUT2D eigenvalue weighted by molar-refractivity contribution is 5.77. The third-order valence-corrected chi connectivity index (χ3v) is 2.64. The molecule has 3 nitrogen and oxygen atoms in total. The fourth-order valence-corrected chi connectivity index (χ4v) is 1.69. The van der Waals surface area contributed by atoms with Gasteiger partial charge in [0.2, 0.25) is 0 Å². The smallest absolute Gasteiger partial charge is 0.327 e. The molecule has 0 bridgehead atoms. The first-order chi connectivity index (χ1) is 7.60. The molecule has 1 atom stereocenters. The van der Waals surface area contributed by atoms with Gasteiger partial charge >= 0.3 is 5.97 Å². The predicted molar refractivity (Wildman–Crippen MR) is 64.3 cm³/mol. The van der Waals surface area contributed by atoms with E-state index >= 15 is 0 Å². The van der Waals surface area contributed by atoms with Crippen molar-refractivity contribution in [1.29, 1.82) is 0 Å². The molecule has 0 N–H and O–H groups in total. The van der Waals surface area contributed by atoms with Crippen LogP contribution in [-0.2, 0) is 16.0 Å². The maximum Gasteiger partial charge on any atom is 0.327 e. The number of carbonyl (C=O) groups excluding carboxylic acids is 1. The van der Waals surface area contributed by atoms with E-state index in [4.69, 9.17) is 4.74 Å². The van der Waals surface area contributed by atoms with E-state index in [1.165, 1.54) is 12.7 Å². The fourth-order valence-electron chi connectivity index (χ4n) is 1.69. The second-order valence-electron chi connectivity index (χ2n) is 3.98. The molecule has 1 rings (SSSR count). The van der Waals surface area contributed by atoms with Crippen LogP contribution in [0.1, 0.15) is 24.1 Å². The van der Waals surface area contributed by atoms with E-state index in [2.05, 4.69) is 19.1 Å². The summed E-state index contributed by atoms with van der Waals surface area (Å²) in [4.78, 5) is 13.5. The Bertz CT molecular complexity index is 343. The van der Waals surface area contributed by atoms with E-state index < -0.39 is 0 Å². The zero-order chi connectivity index (χ0) is 12.1. The highest BCUT2D eigenvalue weighted by atomic mass is 16.5. The van der Waals surface area contributed by atoms with Crippen LogP contribution < -0.4 is 0 Å². The van der Waals surface area contributed by atoms with Crippen molar-refractivity contribution in [3.8, 4) is 0 Å². The summed E-state index contributed by atoms with van der Waals surface area (Å²) in [5.41, 5.74) is 2.24. The van der Waals surface area contributed by atoms with E-state index in [1.54, 1.807) is 0 Å². The van der Waals surface area contributed by atoms with Crippen LogP contribution >= 0.6 is 0 Å². The number of hydrogen-bond donors (Lipinski definition) is 0. The molecule has 0 aromatic heterocycles. The van der Waals surface area contributed by atoms with Gasteiger partial charge in [-0.15, -0.1) is 0 Å². The Hall–Kier alpha value is -1.35. The average Bonchev–Trinajstić information content (AvgIpc) is 2.29. The number of likely N-dealkylation sites (N-methyl/N-ethyl adjacent to an activating group) is 1. The molecular weight excluding hydrogens is 202 g/mol. The second kappa shape index (κ2) is 5.66. The largest absolute Gasteiger partial charge is 0.468 e. The first-order valence-electron chi connectivity index (χ1n) is 5.43. The number of aryl methyl sites for hydroxylation is 1. The minimum Gasteiger partial charge on any atom is -0.468 e. The summed E-state index contributed by atoms with van der Waals surface area (Å²) in [6.45, 7) is 2.11. The molecule has 0 fully saturated rings. The number of nitrogens with zero attached hydrogens (tertiary/aromatic N) is 1. The second-order valence-corrected chi connectivity index (χ2v) is 3.98. The Morgan fingerprint density at radius 3 is 2.25 bits per heavy atom. The van der Waals surface area contributed by atoms with Crippen molar-refractivity contribution >= 4 is 5.97 Å². The van der Waals surface area contributed by atoms with Gasteiger partial charge in [-0.25, -0.2) is 4.79 Å². The van der Waals surface area contributed by atoms with Gasteiger partial charge in [0.05, 0.1) is 7.11 Å². The molecule has 0 amide bonds. The molecule has 0 aliphatic rings. The molecule has 0 aliphatic heterocycles. The van der Waals surface area contributed by atoms with Gasteiger partial charge in [0.15, 0.2) is 0 Å². The summed E-state index contributed by atoms with van der Waals surface area (Å²) in [6, 6.07) is 7.75. The van der Waals surface area contributed by atoms with E-state index in [1.807, 2.05) is 31.1 Å². The van der Waals surface area contributed by atoms with Crippen molar-refractivity contribution < 1.29 is 9.53 Å². The molecule has 0 saturated heterocycles. The minimum atomic E-state index is -0.323. The lowest BCUT2D eigenvalue weighted by molar-refractivity contribution is -0.146. The molecule has 1 aromatic carbocycles. The molecule has 88 valence electrons. The maximum absolute atomic E-state index is 11.6. The van der Waals surface area contributed by atoms with Crippen molar-refractivity contribution in [1.82, 2.24) is 4.90 Å². The van der Waals surface area contributed by atoms with Crippen molar-refractivity contribution in [2.24, 2.45) is 0 Å². The molecule has 0 radical (unpaired) electrons. The van der Waals surface area contributed by atoms with Crippen LogP contribution in [0.5, 0.6) is 0 Å². The fraction of sp³-hybridized carbons (Fsp3) is 0.462. The third-order valence-electron chi connectivity index (χ3n) is 2.64. The number of rotatable bonds is 4. The lowest BCUT2D eigenvalue weighted by Crippen LogP contribution is -2.28. The Kier molecular flexibility index (Phi) is 4.50. The van der Waals surface area contributed by atoms with Gasteiger partial charge in [-0.2, -0.15) is 0 Å². The maximum atomic E-state index is 11.6. The predicted octanol–water partition coefficient (Wildman–Crippen LogP) is 2.02. The number of esters is 1. The van der Waals surface area contributed by atoms with Gasteiger partial charge in [-0.3, -0.25) is 4.90 Å². The van der Waals surface area contributed by atoms with Crippen LogP contribution in [0.4, 0.5) is 0 Å². The first-order valence-corrected chi connectivity index (χ1v) is 5.43. The van der Waals surface area contributed by atoms with Gasteiger partial charge in [0, 0.05) is 0 Å². The van der Waals surface area contributed by atoms with Crippen molar-refractivity contribution in [3.05, 3.63) is 35.4 Å². The van der Waals surface area contributed by atoms with Crippen LogP contribution in [-0.4, -0.2) is 32.1 Å². The summed E-state index contributed by atoms with van der Waals surface area (Å²) in [7, 11) is 5.16. The number of methoxy groups -OCH3 is 1. The molecule has 0 aliphatic carbocycles. The highest BCUT2D eigenvalue weighted by Gasteiger charge is 2.23. The number of hydrogen-bond acceptors (Lipinski definition) is 3. The van der Waals surface area contributed by atoms with Crippen LogP contribution in [0.2, 0.25) is 0 Å². The SMILES string of the molecule is CCc1ccc(C(C(=O)OC)N(C)C)cc1. The molecule has 0 saturated carbocycles. The summed E-state index contributed by atoms with van der Waals surface area (Å²) in [5.74, 6) is -0.228. The van der Waals surface area contributed by atoms with Crippen LogP contribution in [0.25, 0.3) is 0 Å². The summed E-state index contributed by atoms with van der Waals surface area (Å²) in [6.07, 6.45) is 1.01. The molecule has 16 heavy (non-hydrogen) atoms. The molecular formula is C13H19NO2. The monoisotopic (exact) mass is 221 g/mol. The van der Waals surface area contributed by atoms with Crippen molar-refractivity contribution in [2.45, 2.75) is 19.4 Å². The van der Waals surface area contributed by atoms with Gasteiger partial charge in [0.1, 0.15) is 6.04 Å². The lowest BCUT2D eigenvalue weighted by atomic mass is 10.0. The zero-order valence-electron chi connectivity index (χ0n) is 10.4. The van der Waals surface area contributed by atoms with Crippen LogP contribution in [0, 0.1) is 0 Å². The van der Waals surface area contributed by atoms with Gasteiger partial charge in [-0.05, 0) is 31.6 Å². The van der Waals surface area contributed by atoms with E-state index in [0.29, 0.717) is 0 Å². The molecule has 1 aromatic rings. The van der Waals surface area contributed by atoms with Crippen LogP contribution in [0.3, 0.4) is 0 Å². The Balaban J connectivity index is 2.97. The summed E-state index contributed by atoms with van der Waals surface area (Å²) < 4.78 is 4.80. The summed E-state index contributed by atoms with van der Waals surface area (Å²) >= 11 is 0. The number of ether oxygens (including phenoxy) is 1. The normalized spacial score (nSPS) is 12.6. The Morgan fingerprint density at radius 2 is 1.88 bits per heavy atom. The Labute approximate surface area is 97.0 Å². The van der Waals surface area contributed by atoms with E-state index in [-0.39, 0.29) is 12.0 Å². The molecule has 3 heteroatoms. The number of benzene rings is 1. The molecule has 1 unspecified atom stereocenters. The van der Waals surface area contributed by atoms with Gasteiger partial charge in [0.25, 0.3) is 0 Å². The third kappa shape index (κ3) is 2.83. The quantitative estimate of drug-likeness (QED) is 0.729. The standard InChI is InChI=1S/C13H19NO2/c1-5-10-6-8-11(9-7-10)12(14(2)3)13(15)16-4/h6-9,12H,5H2,1-4H3. The zero-order valence-corrected chi connectivity index (χ0v) is 10.4. The lowest BCUT2D eigenvalue weighted by Gasteiger charge is -2.22. The highest BCUT2D eigenvalue weighted by Crippen LogP contribution is 2.20.